The van der Waals surface area contributed by atoms with Gasteiger partial charge in [-0.1, -0.05) is 18.2 Å². The van der Waals surface area contributed by atoms with Gasteiger partial charge in [0.25, 0.3) is 0 Å². The average Bonchev–Trinajstić information content (AvgIpc) is 2.83. The van der Waals surface area contributed by atoms with E-state index in [9.17, 15) is 9.50 Å². The molecular formula is C25H28ClFN4O3. The standard InChI is InChI=1S/C25H27FN4O3.ClH/c1-16-8-17(4-5-22(16)28-2)25-14-30-7-6-29(12-19(30)15-33-25)13-23(31)20-10-24(32-3)18(11-27)9-21(20)26;/h4-5,8-10,19,23,25,31H,6-7,12-15H2,1,3H3;1H/t19-,23?,25-;/m1./s1. The van der Waals surface area contributed by atoms with Crippen LogP contribution in [0.4, 0.5) is 10.1 Å². The molecule has 0 bridgehead atoms. The first kappa shape index (κ1) is 25.9. The molecule has 0 aliphatic carbocycles. The van der Waals surface area contributed by atoms with E-state index in [1.807, 2.05) is 31.2 Å². The van der Waals surface area contributed by atoms with Crippen LogP contribution in [-0.2, 0) is 4.74 Å². The second-order valence-corrected chi connectivity index (χ2v) is 8.59. The Morgan fingerprint density at radius 3 is 2.79 bits per heavy atom. The minimum atomic E-state index is -1.03. The summed E-state index contributed by atoms with van der Waals surface area (Å²) in [5.41, 5.74) is 2.94. The van der Waals surface area contributed by atoms with Crippen LogP contribution >= 0.6 is 12.4 Å². The van der Waals surface area contributed by atoms with Crippen molar-refractivity contribution in [1.29, 1.82) is 5.26 Å². The van der Waals surface area contributed by atoms with E-state index < -0.39 is 11.9 Å². The number of morpholine rings is 1. The van der Waals surface area contributed by atoms with Gasteiger partial charge in [0.2, 0.25) is 0 Å². The molecule has 0 radical (unpaired) electrons. The maximum absolute atomic E-state index is 14.5. The van der Waals surface area contributed by atoms with Gasteiger partial charge < -0.3 is 14.6 Å². The molecular weight excluding hydrogens is 459 g/mol. The molecule has 1 unspecified atom stereocenters. The fourth-order valence-electron chi connectivity index (χ4n) is 4.64. The lowest BCUT2D eigenvalue weighted by molar-refractivity contribution is -0.0938. The van der Waals surface area contributed by atoms with Crippen molar-refractivity contribution in [3.05, 3.63) is 69.8 Å². The van der Waals surface area contributed by atoms with Crippen molar-refractivity contribution < 1.29 is 19.0 Å². The Morgan fingerprint density at radius 2 is 2.12 bits per heavy atom. The number of aryl methyl sites for hydroxylation is 1. The van der Waals surface area contributed by atoms with Crippen LogP contribution in [0.15, 0.2) is 30.3 Å². The molecule has 2 aliphatic rings. The van der Waals surface area contributed by atoms with Crippen LogP contribution in [0.5, 0.6) is 5.75 Å². The number of rotatable bonds is 5. The maximum Gasteiger partial charge on any atom is 0.190 e. The molecule has 9 heteroatoms. The zero-order valence-corrected chi connectivity index (χ0v) is 20.0. The summed E-state index contributed by atoms with van der Waals surface area (Å²) < 4.78 is 25.8. The Labute approximate surface area is 205 Å². The lowest BCUT2D eigenvalue weighted by Gasteiger charge is -2.46. The van der Waals surface area contributed by atoms with E-state index in [1.165, 1.54) is 13.2 Å². The molecule has 0 spiro atoms. The van der Waals surface area contributed by atoms with Crippen molar-refractivity contribution in [2.75, 3.05) is 46.4 Å². The van der Waals surface area contributed by atoms with Gasteiger partial charge in [0.05, 0.1) is 38.1 Å². The van der Waals surface area contributed by atoms with Crippen molar-refractivity contribution in [1.82, 2.24) is 9.80 Å². The zero-order chi connectivity index (χ0) is 23.5. The summed E-state index contributed by atoms with van der Waals surface area (Å²) in [6.45, 7) is 13.1. The summed E-state index contributed by atoms with van der Waals surface area (Å²) in [5, 5.41) is 19.8. The van der Waals surface area contributed by atoms with E-state index in [4.69, 9.17) is 21.3 Å². The molecule has 2 saturated heterocycles. The third-order valence-electron chi connectivity index (χ3n) is 6.52. The van der Waals surface area contributed by atoms with Crippen molar-refractivity contribution in [3.8, 4) is 11.8 Å². The fourth-order valence-corrected chi connectivity index (χ4v) is 4.64. The van der Waals surface area contributed by atoms with E-state index in [0.717, 1.165) is 36.8 Å². The van der Waals surface area contributed by atoms with E-state index in [0.29, 0.717) is 18.8 Å². The minimum Gasteiger partial charge on any atom is -0.495 e. The largest absolute Gasteiger partial charge is 0.495 e. The molecule has 4 rings (SSSR count). The van der Waals surface area contributed by atoms with Crippen LogP contribution in [0.1, 0.15) is 34.5 Å². The summed E-state index contributed by atoms with van der Waals surface area (Å²) in [5.74, 6) is -0.356. The molecule has 7 nitrogen and oxygen atoms in total. The third kappa shape index (κ3) is 5.33. The number of nitrogens with zero attached hydrogens (tertiary/aromatic N) is 4. The number of hydrogen-bond acceptors (Lipinski definition) is 6. The number of β-amino-alcohol motifs (C(OH)–C–C–N with tert-alkyl or cyclic N) is 1. The average molecular weight is 487 g/mol. The molecule has 2 fully saturated rings. The van der Waals surface area contributed by atoms with Crippen molar-refractivity contribution in [2.45, 2.75) is 25.2 Å². The highest BCUT2D eigenvalue weighted by molar-refractivity contribution is 5.85. The number of halogens is 2. The molecule has 180 valence electrons. The predicted octanol–water partition coefficient (Wildman–Crippen LogP) is 3.78. The van der Waals surface area contributed by atoms with Crippen molar-refractivity contribution in [3.63, 3.8) is 0 Å². The number of nitriles is 1. The van der Waals surface area contributed by atoms with E-state index in [-0.39, 0.29) is 48.0 Å². The number of benzene rings is 2. The maximum atomic E-state index is 14.5. The Morgan fingerprint density at radius 1 is 1.32 bits per heavy atom. The molecule has 0 saturated carbocycles. The van der Waals surface area contributed by atoms with Gasteiger partial charge in [-0.2, -0.15) is 5.26 Å². The fraction of sp³-hybridized carbons (Fsp3) is 0.440. The SMILES string of the molecule is Cl.[C-]#[N+]c1ccc([C@H]2CN3CCN(CC(O)c4cc(OC)c(C#N)cc4F)C[C@@H]3CO2)cc1C. The van der Waals surface area contributed by atoms with Crippen molar-refractivity contribution >= 4 is 18.1 Å². The number of piperazine rings is 1. The first-order valence-corrected chi connectivity index (χ1v) is 10.9. The molecule has 3 atom stereocenters. The summed E-state index contributed by atoms with van der Waals surface area (Å²) >= 11 is 0. The number of aliphatic hydroxyl groups excluding tert-OH is 1. The van der Waals surface area contributed by atoms with Gasteiger partial charge in [-0.05, 0) is 30.2 Å². The second-order valence-electron chi connectivity index (χ2n) is 8.59. The summed E-state index contributed by atoms with van der Waals surface area (Å²) in [6, 6.07) is 10.5. The first-order valence-electron chi connectivity index (χ1n) is 10.9. The van der Waals surface area contributed by atoms with Crippen LogP contribution in [0.3, 0.4) is 0 Å². The van der Waals surface area contributed by atoms with Gasteiger partial charge in [-0.25, -0.2) is 9.24 Å². The van der Waals surface area contributed by atoms with Gasteiger partial charge in [0.15, 0.2) is 5.69 Å². The number of methoxy groups -OCH3 is 1. The number of fused-ring (bicyclic) bond motifs is 1. The molecule has 0 amide bonds. The van der Waals surface area contributed by atoms with Crippen LogP contribution in [0.25, 0.3) is 4.85 Å². The minimum absolute atomic E-state index is 0. The van der Waals surface area contributed by atoms with E-state index in [2.05, 4.69) is 14.6 Å². The van der Waals surface area contributed by atoms with Gasteiger partial charge in [0.1, 0.15) is 17.6 Å². The first-order chi connectivity index (χ1) is 15.9. The quantitative estimate of drug-likeness (QED) is 0.648. The lowest BCUT2D eigenvalue weighted by Crippen LogP contribution is -2.58. The molecule has 1 N–H and O–H groups in total. The Bertz CT molecular complexity index is 1120. The van der Waals surface area contributed by atoms with Crippen LogP contribution in [-0.4, -0.2) is 67.4 Å². The smallest absolute Gasteiger partial charge is 0.190 e. The predicted molar refractivity (Wildman–Crippen MR) is 128 cm³/mol. The zero-order valence-electron chi connectivity index (χ0n) is 19.2. The molecule has 0 aromatic heterocycles. The third-order valence-corrected chi connectivity index (χ3v) is 6.52. The number of aliphatic hydroxyl groups is 1. The highest BCUT2D eigenvalue weighted by atomic mass is 35.5. The van der Waals surface area contributed by atoms with Crippen LogP contribution in [0.2, 0.25) is 0 Å². The van der Waals surface area contributed by atoms with Gasteiger partial charge in [-0.3, -0.25) is 9.80 Å². The molecule has 2 aromatic carbocycles. The Hall–Kier alpha value is -2.72. The Balaban J connectivity index is 0.00000324. The highest BCUT2D eigenvalue weighted by Gasteiger charge is 2.35. The molecule has 34 heavy (non-hydrogen) atoms. The number of hydrogen-bond donors (Lipinski definition) is 1. The lowest BCUT2D eigenvalue weighted by atomic mass is 10.0. The highest BCUT2D eigenvalue weighted by Crippen LogP contribution is 2.31. The van der Waals surface area contributed by atoms with Crippen molar-refractivity contribution in [2.24, 2.45) is 0 Å². The topological polar surface area (TPSA) is 73.3 Å². The van der Waals surface area contributed by atoms with E-state index >= 15 is 0 Å². The van der Waals surface area contributed by atoms with Gasteiger partial charge in [-0.15, -0.1) is 12.4 Å². The molecule has 2 heterocycles. The second kappa shape index (κ2) is 11.1. The normalized spacial score (nSPS) is 21.5. The molecule has 2 aromatic rings. The summed E-state index contributed by atoms with van der Waals surface area (Å²) in [6.07, 6.45) is -1.06. The summed E-state index contributed by atoms with van der Waals surface area (Å²) in [4.78, 5) is 8.05. The number of ether oxygens (including phenoxy) is 2. The van der Waals surface area contributed by atoms with Gasteiger partial charge in [0, 0.05) is 44.3 Å². The summed E-state index contributed by atoms with van der Waals surface area (Å²) in [7, 11) is 1.42. The Kier molecular flexibility index (Phi) is 8.48. The van der Waals surface area contributed by atoms with Gasteiger partial charge >= 0.3 is 0 Å². The monoisotopic (exact) mass is 486 g/mol. The van der Waals surface area contributed by atoms with Crippen LogP contribution in [0, 0.1) is 30.6 Å². The molecule has 2 aliphatic heterocycles. The van der Waals surface area contributed by atoms with E-state index in [1.54, 1.807) is 0 Å². The van der Waals surface area contributed by atoms with Crippen LogP contribution < -0.4 is 4.74 Å².